The predicted molar refractivity (Wildman–Crippen MR) is 45.0 cm³/mol. The highest BCUT2D eigenvalue weighted by Gasteiger charge is 2.28. The fraction of sp³-hybridized carbons (Fsp3) is 0. The van der Waals surface area contributed by atoms with E-state index in [0.717, 1.165) is 6.07 Å². The van der Waals surface area contributed by atoms with E-state index < -0.39 is 21.4 Å². The van der Waals surface area contributed by atoms with E-state index >= 15 is 0 Å². The number of hydrogen-bond acceptors (Lipinski definition) is 7. The lowest BCUT2D eigenvalue weighted by Gasteiger charge is -1.92. The molecule has 76 valence electrons. The van der Waals surface area contributed by atoms with Gasteiger partial charge in [0.25, 0.3) is 0 Å². The molecule has 0 atom stereocenters. The van der Waals surface area contributed by atoms with Crippen molar-refractivity contribution in [3.63, 3.8) is 0 Å². The number of rotatable bonds is 2. The van der Waals surface area contributed by atoms with E-state index in [2.05, 4.69) is 20.4 Å². The van der Waals surface area contributed by atoms with E-state index in [4.69, 9.17) is 0 Å². The molecule has 10 heteroatoms. The first-order valence-electron chi connectivity index (χ1n) is 3.60. The standard InChI is InChI=1S/C5H2N6O4/c12-10(13)3-1-2-4(8-9-7-2)6-5(3)11(14)15/h1H,(H,6,7,8,9). The first-order valence-corrected chi connectivity index (χ1v) is 3.60. The number of aromatic amines is 1. The van der Waals surface area contributed by atoms with Gasteiger partial charge in [0.1, 0.15) is 0 Å². The summed E-state index contributed by atoms with van der Waals surface area (Å²) < 4.78 is 0. The van der Waals surface area contributed by atoms with Gasteiger partial charge in [0.2, 0.25) is 0 Å². The van der Waals surface area contributed by atoms with Crippen LogP contribution >= 0.6 is 0 Å². The second kappa shape index (κ2) is 2.94. The number of fused-ring (bicyclic) bond motifs is 1. The lowest BCUT2D eigenvalue weighted by Crippen LogP contribution is -1.99. The summed E-state index contributed by atoms with van der Waals surface area (Å²) in [5.74, 6) is -0.846. The van der Waals surface area contributed by atoms with Crippen LogP contribution in [0.1, 0.15) is 0 Å². The SMILES string of the molecule is O=[N+]([O-])c1cc2n[nH]nc2nc1[N+](=O)[O-]. The second-order valence-corrected chi connectivity index (χ2v) is 2.51. The Hall–Kier alpha value is -2.65. The van der Waals surface area contributed by atoms with E-state index in [-0.39, 0.29) is 11.2 Å². The molecule has 0 bridgehead atoms. The summed E-state index contributed by atoms with van der Waals surface area (Å²) >= 11 is 0. The molecular formula is C5H2N6O4. The monoisotopic (exact) mass is 210 g/mol. The quantitative estimate of drug-likeness (QED) is 0.549. The van der Waals surface area contributed by atoms with Crippen LogP contribution in [0.3, 0.4) is 0 Å². The summed E-state index contributed by atoms with van der Waals surface area (Å²) in [4.78, 5) is 22.5. The maximum atomic E-state index is 10.5. The number of H-pyrrole nitrogens is 1. The van der Waals surface area contributed by atoms with Crippen LogP contribution in [-0.2, 0) is 0 Å². The summed E-state index contributed by atoms with van der Waals surface area (Å²) in [7, 11) is 0. The van der Waals surface area contributed by atoms with Crippen LogP contribution in [0.15, 0.2) is 6.07 Å². The van der Waals surface area contributed by atoms with Crippen LogP contribution in [0, 0.1) is 20.2 Å². The first kappa shape index (κ1) is 8.93. The molecule has 0 aromatic carbocycles. The molecule has 2 heterocycles. The Labute approximate surface area is 80.2 Å². The molecule has 0 aliphatic heterocycles. The number of aromatic nitrogens is 4. The molecule has 0 saturated carbocycles. The van der Waals surface area contributed by atoms with E-state index in [1.807, 2.05) is 0 Å². The highest BCUT2D eigenvalue weighted by molar-refractivity contribution is 5.75. The third-order valence-corrected chi connectivity index (χ3v) is 1.64. The highest BCUT2D eigenvalue weighted by atomic mass is 16.6. The van der Waals surface area contributed by atoms with Gasteiger partial charge in [0, 0.05) is 0 Å². The van der Waals surface area contributed by atoms with Crippen molar-refractivity contribution in [2.75, 3.05) is 0 Å². The minimum Gasteiger partial charge on any atom is -0.358 e. The number of nitrogens with one attached hydrogen (secondary N) is 1. The van der Waals surface area contributed by atoms with Crippen LogP contribution in [0.5, 0.6) is 0 Å². The summed E-state index contributed by atoms with van der Waals surface area (Å²) in [5.41, 5.74) is -0.638. The Morgan fingerprint density at radius 3 is 2.53 bits per heavy atom. The van der Waals surface area contributed by atoms with Gasteiger partial charge in [-0.2, -0.15) is 10.3 Å². The molecule has 2 aromatic rings. The molecule has 2 aromatic heterocycles. The van der Waals surface area contributed by atoms with Crippen molar-refractivity contribution in [3.8, 4) is 0 Å². The zero-order valence-electron chi connectivity index (χ0n) is 6.95. The average molecular weight is 210 g/mol. The van der Waals surface area contributed by atoms with Crippen molar-refractivity contribution in [1.82, 2.24) is 20.4 Å². The van der Waals surface area contributed by atoms with Crippen molar-refractivity contribution >= 4 is 22.7 Å². The first-order chi connectivity index (χ1) is 7.09. The molecule has 2 rings (SSSR count). The van der Waals surface area contributed by atoms with E-state index in [9.17, 15) is 20.2 Å². The van der Waals surface area contributed by atoms with Gasteiger partial charge < -0.3 is 10.1 Å². The van der Waals surface area contributed by atoms with Crippen LogP contribution in [0.4, 0.5) is 11.5 Å². The lowest BCUT2D eigenvalue weighted by atomic mass is 10.3. The Kier molecular flexibility index (Phi) is 1.75. The number of hydrogen-bond donors (Lipinski definition) is 1. The molecule has 0 amide bonds. The normalized spacial score (nSPS) is 10.4. The van der Waals surface area contributed by atoms with Crippen LogP contribution in [0.2, 0.25) is 0 Å². The molecule has 0 aliphatic rings. The lowest BCUT2D eigenvalue weighted by molar-refractivity contribution is -0.425. The van der Waals surface area contributed by atoms with Crippen molar-refractivity contribution in [3.05, 3.63) is 26.3 Å². The van der Waals surface area contributed by atoms with Gasteiger partial charge in [-0.15, -0.1) is 5.10 Å². The molecular weight excluding hydrogens is 208 g/mol. The van der Waals surface area contributed by atoms with Gasteiger partial charge in [-0.25, -0.2) is 0 Å². The van der Waals surface area contributed by atoms with Crippen LogP contribution in [-0.4, -0.2) is 30.2 Å². The van der Waals surface area contributed by atoms with Crippen molar-refractivity contribution in [2.45, 2.75) is 0 Å². The third-order valence-electron chi connectivity index (χ3n) is 1.64. The van der Waals surface area contributed by atoms with Crippen molar-refractivity contribution < 1.29 is 9.85 Å². The fourth-order valence-electron chi connectivity index (χ4n) is 1.03. The van der Waals surface area contributed by atoms with Gasteiger partial charge in [-0.3, -0.25) is 10.1 Å². The molecule has 0 saturated heterocycles. The maximum absolute atomic E-state index is 10.5. The zero-order chi connectivity index (χ0) is 11.0. The molecule has 0 spiro atoms. The molecule has 0 fully saturated rings. The van der Waals surface area contributed by atoms with E-state index in [1.54, 1.807) is 0 Å². The maximum Gasteiger partial charge on any atom is 0.444 e. The molecule has 0 radical (unpaired) electrons. The molecule has 15 heavy (non-hydrogen) atoms. The van der Waals surface area contributed by atoms with Crippen molar-refractivity contribution in [2.24, 2.45) is 0 Å². The largest absolute Gasteiger partial charge is 0.444 e. The smallest absolute Gasteiger partial charge is 0.358 e. The van der Waals surface area contributed by atoms with Crippen molar-refractivity contribution in [1.29, 1.82) is 0 Å². The Balaban J connectivity index is 2.79. The molecule has 0 unspecified atom stereocenters. The van der Waals surface area contributed by atoms with Gasteiger partial charge in [0.05, 0.1) is 11.0 Å². The van der Waals surface area contributed by atoms with Gasteiger partial charge in [-0.05, 0) is 9.91 Å². The van der Waals surface area contributed by atoms with Gasteiger partial charge in [-0.1, -0.05) is 0 Å². The summed E-state index contributed by atoms with van der Waals surface area (Å²) in [6.07, 6.45) is 0. The number of nitro groups is 2. The minimum atomic E-state index is -0.938. The highest BCUT2D eigenvalue weighted by Crippen LogP contribution is 2.26. The number of pyridine rings is 1. The van der Waals surface area contributed by atoms with Crippen LogP contribution in [0.25, 0.3) is 11.2 Å². The summed E-state index contributed by atoms with van der Waals surface area (Å²) in [6.45, 7) is 0. The topological polar surface area (TPSA) is 141 Å². The van der Waals surface area contributed by atoms with E-state index in [0.29, 0.717) is 0 Å². The summed E-state index contributed by atoms with van der Waals surface area (Å²) in [6, 6.07) is 0.948. The number of nitrogens with zero attached hydrogens (tertiary/aromatic N) is 5. The molecule has 0 aliphatic carbocycles. The predicted octanol–water partition coefficient (Wildman–Crippen LogP) is 0.169. The molecule has 1 N–H and O–H groups in total. The van der Waals surface area contributed by atoms with Gasteiger partial charge in [0.15, 0.2) is 5.52 Å². The second-order valence-electron chi connectivity index (χ2n) is 2.51. The molecule has 10 nitrogen and oxygen atoms in total. The fourth-order valence-corrected chi connectivity index (χ4v) is 1.03. The Morgan fingerprint density at radius 1 is 1.20 bits per heavy atom. The minimum absolute atomic E-state index is 0.0349. The van der Waals surface area contributed by atoms with Crippen LogP contribution < -0.4 is 0 Å². The average Bonchev–Trinajstić information content (AvgIpc) is 2.61. The Bertz CT molecular complexity index is 514. The van der Waals surface area contributed by atoms with Gasteiger partial charge >= 0.3 is 17.2 Å². The Morgan fingerprint density at radius 2 is 1.93 bits per heavy atom. The zero-order valence-corrected chi connectivity index (χ0v) is 6.95. The van der Waals surface area contributed by atoms with E-state index in [1.165, 1.54) is 0 Å². The summed E-state index contributed by atoms with van der Waals surface area (Å²) in [5, 5.41) is 30.2. The third kappa shape index (κ3) is 1.33.